The SMILES string of the molecule is CC(C)(C)NCc1ccc2ccn(CCCO)c2c1. The van der Waals surface area contributed by atoms with Crippen molar-refractivity contribution in [1.29, 1.82) is 0 Å². The maximum atomic E-state index is 8.94. The Hall–Kier alpha value is -1.32. The Balaban J connectivity index is 2.18. The third-order valence-electron chi connectivity index (χ3n) is 3.22. The summed E-state index contributed by atoms with van der Waals surface area (Å²) in [6, 6.07) is 8.72. The first-order valence-corrected chi connectivity index (χ1v) is 6.93. The number of benzene rings is 1. The van der Waals surface area contributed by atoms with E-state index < -0.39 is 0 Å². The van der Waals surface area contributed by atoms with Crippen molar-refractivity contribution in [3.63, 3.8) is 0 Å². The van der Waals surface area contributed by atoms with Gasteiger partial charge in [-0.3, -0.25) is 0 Å². The summed E-state index contributed by atoms with van der Waals surface area (Å²) in [6.45, 7) is 8.52. The van der Waals surface area contributed by atoms with Gasteiger partial charge < -0.3 is 15.0 Å². The molecule has 0 atom stereocenters. The van der Waals surface area contributed by atoms with Crippen LogP contribution in [-0.2, 0) is 13.1 Å². The van der Waals surface area contributed by atoms with Gasteiger partial charge in [0.1, 0.15) is 0 Å². The Kier molecular flexibility index (Phi) is 4.27. The van der Waals surface area contributed by atoms with E-state index in [9.17, 15) is 0 Å². The Morgan fingerprint density at radius 3 is 2.68 bits per heavy atom. The average molecular weight is 260 g/mol. The summed E-state index contributed by atoms with van der Waals surface area (Å²) in [5, 5.41) is 13.7. The van der Waals surface area contributed by atoms with E-state index in [0.717, 1.165) is 19.5 Å². The van der Waals surface area contributed by atoms with Gasteiger partial charge in [-0.05, 0) is 50.3 Å². The second-order valence-electron chi connectivity index (χ2n) is 6.08. The molecule has 2 rings (SSSR count). The number of nitrogens with one attached hydrogen (secondary N) is 1. The molecule has 3 heteroatoms. The number of fused-ring (bicyclic) bond motifs is 1. The van der Waals surface area contributed by atoms with Crippen LogP contribution in [0.25, 0.3) is 10.9 Å². The summed E-state index contributed by atoms with van der Waals surface area (Å²) in [5.41, 5.74) is 2.68. The van der Waals surface area contributed by atoms with Crippen molar-refractivity contribution < 1.29 is 5.11 Å². The molecule has 1 aromatic heterocycles. The first-order valence-electron chi connectivity index (χ1n) is 6.93. The lowest BCUT2D eigenvalue weighted by atomic mass is 10.1. The standard InChI is InChI=1S/C16H24N2O/c1-16(2,3)17-12-13-5-6-14-7-9-18(8-4-10-19)15(14)11-13/h5-7,9,11,17,19H,4,8,10,12H2,1-3H3. The Bertz CT molecular complexity index is 537. The first-order chi connectivity index (χ1) is 8.99. The van der Waals surface area contributed by atoms with Crippen molar-refractivity contribution in [2.24, 2.45) is 0 Å². The van der Waals surface area contributed by atoms with E-state index in [4.69, 9.17) is 5.11 Å². The first kappa shape index (κ1) is 14.1. The Morgan fingerprint density at radius 2 is 2.00 bits per heavy atom. The van der Waals surface area contributed by atoms with Crippen LogP contribution in [0.2, 0.25) is 0 Å². The van der Waals surface area contributed by atoms with Crippen molar-refractivity contribution >= 4 is 10.9 Å². The van der Waals surface area contributed by atoms with Crippen molar-refractivity contribution in [1.82, 2.24) is 9.88 Å². The van der Waals surface area contributed by atoms with E-state index >= 15 is 0 Å². The van der Waals surface area contributed by atoms with E-state index in [1.165, 1.54) is 16.5 Å². The molecule has 1 heterocycles. The van der Waals surface area contributed by atoms with E-state index in [-0.39, 0.29) is 12.1 Å². The zero-order chi connectivity index (χ0) is 13.9. The van der Waals surface area contributed by atoms with Gasteiger partial charge in [-0.25, -0.2) is 0 Å². The van der Waals surface area contributed by atoms with Crippen molar-refractivity contribution in [3.05, 3.63) is 36.0 Å². The van der Waals surface area contributed by atoms with Crippen LogP contribution in [0.3, 0.4) is 0 Å². The molecule has 1 aromatic carbocycles. The molecule has 19 heavy (non-hydrogen) atoms. The summed E-state index contributed by atoms with van der Waals surface area (Å²) in [5.74, 6) is 0. The number of rotatable bonds is 5. The van der Waals surface area contributed by atoms with Gasteiger partial charge in [0.15, 0.2) is 0 Å². The molecular weight excluding hydrogens is 236 g/mol. The molecule has 0 unspecified atom stereocenters. The second-order valence-corrected chi connectivity index (χ2v) is 6.08. The fourth-order valence-corrected chi connectivity index (χ4v) is 2.14. The molecule has 0 saturated carbocycles. The highest BCUT2D eigenvalue weighted by atomic mass is 16.3. The number of aliphatic hydroxyl groups is 1. The van der Waals surface area contributed by atoms with Gasteiger partial charge in [0.25, 0.3) is 0 Å². The molecule has 0 spiro atoms. The minimum Gasteiger partial charge on any atom is -0.396 e. The Labute approximate surface area is 115 Å². The van der Waals surface area contributed by atoms with Gasteiger partial charge in [0, 0.05) is 36.9 Å². The predicted octanol–water partition coefficient (Wildman–Crippen LogP) is 2.91. The van der Waals surface area contributed by atoms with Crippen molar-refractivity contribution in [2.45, 2.75) is 45.8 Å². The molecule has 2 aromatic rings. The van der Waals surface area contributed by atoms with E-state index in [1.54, 1.807) is 0 Å². The fourth-order valence-electron chi connectivity index (χ4n) is 2.14. The minimum atomic E-state index is 0.133. The molecule has 0 aliphatic rings. The van der Waals surface area contributed by atoms with Crippen molar-refractivity contribution in [3.8, 4) is 0 Å². The number of aromatic nitrogens is 1. The lowest BCUT2D eigenvalue weighted by Crippen LogP contribution is -2.35. The molecule has 0 fully saturated rings. The van der Waals surface area contributed by atoms with Crippen molar-refractivity contribution in [2.75, 3.05) is 6.61 Å². The third-order valence-corrected chi connectivity index (χ3v) is 3.22. The lowest BCUT2D eigenvalue weighted by Gasteiger charge is -2.20. The van der Waals surface area contributed by atoms with Crippen LogP contribution in [0.4, 0.5) is 0 Å². The van der Waals surface area contributed by atoms with Gasteiger partial charge in [-0.1, -0.05) is 12.1 Å². The summed E-state index contributed by atoms with van der Waals surface area (Å²) in [6.07, 6.45) is 2.90. The van der Waals surface area contributed by atoms with Gasteiger partial charge >= 0.3 is 0 Å². The number of aliphatic hydroxyl groups excluding tert-OH is 1. The normalized spacial score (nSPS) is 12.2. The van der Waals surface area contributed by atoms with Crippen LogP contribution in [0, 0.1) is 0 Å². The lowest BCUT2D eigenvalue weighted by molar-refractivity contribution is 0.280. The number of hydrogen-bond acceptors (Lipinski definition) is 2. The minimum absolute atomic E-state index is 0.133. The molecule has 0 radical (unpaired) electrons. The van der Waals surface area contributed by atoms with Gasteiger partial charge in [-0.15, -0.1) is 0 Å². The van der Waals surface area contributed by atoms with Crippen LogP contribution >= 0.6 is 0 Å². The van der Waals surface area contributed by atoms with Crippen LogP contribution in [0.5, 0.6) is 0 Å². The molecule has 0 aliphatic heterocycles. The highest BCUT2D eigenvalue weighted by Gasteiger charge is 2.09. The second kappa shape index (κ2) is 5.76. The maximum absolute atomic E-state index is 8.94. The van der Waals surface area contributed by atoms with E-state index in [1.807, 2.05) is 0 Å². The maximum Gasteiger partial charge on any atom is 0.0483 e. The Morgan fingerprint density at radius 1 is 1.21 bits per heavy atom. The summed E-state index contributed by atoms with van der Waals surface area (Å²) < 4.78 is 2.21. The van der Waals surface area contributed by atoms with E-state index in [0.29, 0.717) is 0 Å². The third kappa shape index (κ3) is 3.82. The number of nitrogens with zero attached hydrogens (tertiary/aromatic N) is 1. The van der Waals surface area contributed by atoms with Gasteiger partial charge in [-0.2, -0.15) is 0 Å². The van der Waals surface area contributed by atoms with Gasteiger partial charge in [0.2, 0.25) is 0 Å². The highest BCUT2D eigenvalue weighted by molar-refractivity contribution is 5.80. The van der Waals surface area contributed by atoms with Crippen LogP contribution in [0.1, 0.15) is 32.8 Å². The smallest absolute Gasteiger partial charge is 0.0483 e. The molecule has 0 amide bonds. The molecular formula is C16H24N2O. The number of aryl methyl sites for hydroxylation is 1. The predicted molar refractivity (Wildman–Crippen MR) is 80.2 cm³/mol. The molecule has 104 valence electrons. The quantitative estimate of drug-likeness (QED) is 0.867. The van der Waals surface area contributed by atoms with Crippen LogP contribution in [-0.4, -0.2) is 21.8 Å². The zero-order valence-corrected chi connectivity index (χ0v) is 12.1. The van der Waals surface area contributed by atoms with E-state index in [2.05, 4.69) is 61.1 Å². The molecule has 2 N–H and O–H groups in total. The molecule has 3 nitrogen and oxygen atoms in total. The molecule has 0 saturated heterocycles. The number of hydrogen-bond donors (Lipinski definition) is 2. The summed E-state index contributed by atoms with van der Waals surface area (Å²) in [7, 11) is 0. The largest absolute Gasteiger partial charge is 0.396 e. The molecule has 0 bridgehead atoms. The average Bonchev–Trinajstić information content (AvgIpc) is 2.75. The van der Waals surface area contributed by atoms with Crippen LogP contribution in [0.15, 0.2) is 30.5 Å². The van der Waals surface area contributed by atoms with Gasteiger partial charge in [0.05, 0.1) is 0 Å². The zero-order valence-electron chi connectivity index (χ0n) is 12.1. The van der Waals surface area contributed by atoms with Crippen LogP contribution < -0.4 is 5.32 Å². The monoisotopic (exact) mass is 260 g/mol. The summed E-state index contributed by atoms with van der Waals surface area (Å²) in [4.78, 5) is 0. The fraction of sp³-hybridized carbons (Fsp3) is 0.500. The summed E-state index contributed by atoms with van der Waals surface area (Å²) >= 11 is 0. The highest BCUT2D eigenvalue weighted by Crippen LogP contribution is 2.18. The molecule has 0 aliphatic carbocycles. The topological polar surface area (TPSA) is 37.2 Å².